The Morgan fingerprint density at radius 3 is 0.590 bits per heavy atom. The van der Waals surface area contributed by atoms with Gasteiger partial charge >= 0.3 is 39.5 Å². The normalized spacial score (nSPS) is 13.8. The number of aliphatic hydroxyl groups is 1. The molecule has 0 fully saturated rings. The number of ether oxygens (including phenoxy) is 4. The molecule has 0 heterocycles. The van der Waals surface area contributed by atoms with E-state index < -0.39 is 97.5 Å². The molecule has 0 aromatic heterocycles. The van der Waals surface area contributed by atoms with E-state index in [4.69, 9.17) is 37.0 Å². The van der Waals surface area contributed by atoms with Gasteiger partial charge in [0.1, 0.15) is 19.3 Å². The molecular formula is C81H158O17P2. The summed E-state index contributed by atoms with van der Waals surface area (Å²) in [5, 5.41) is 10.6. The van der Waals surface area contributed by atoms with Crippen molar-refractivity contribution in [3.05, 3.63) is 0 Å². The predicted octanol–water partition coefficient (Wildman–Crippen LogP) is 24.6. The number of esters is 4. The average molecular weight is 1470 g/mol. The van der Waals surface area contributed by atoms with Crippen LogP contribution in [0.1, 0.15) is 439 Å². The Balaban J connectivity index is 5.25. The molecule has 2 unspecified atom stereocenters. The van der Waals surface area contributed by atoms with E-state index in [0.29, 0.717) is 25.7 Å². The molecule has 5 atom stereocenters. The van der Waals surface area contributed by atoms with Crippen LogP contribution in [0, 0.1) is 0 Å². The molecule has 100 heavy (non-hydrogen) atoms. The molecule has 0 aromatic carbocycles. The van der Waals surface area contributed by atoms with Crippen molar-refractivity contribution in [1.29, 1.82) is 0 Å². The maximum absolute atomic E-state index is 13.1. The average Bonchev–Trinajstić information content (AvgIpc) is 0.936. The van der Waals surface area contributed by atoms with Crippen LogP contribution < -0.4 is 0 Å². The van der Waals surface area contributed by atoms with Crippen molar-refractivity contribution in [1.82, 2.24) is 0 Å². The van der Waals surface area contributed by atoms with E-state index in [-0.39, 0.29) is 25.7 Å². The first-order chi connectivity index (χ1) is 48.7. The number of phosphoric ester groups is 2. The van der Waals surface area contributed by atoms with Crippen LogP contribution in [0.2, 0.25) is 0 Å². The van der Waals surface area contributed by atoms with Gasteiger partial charge in [0.2, 0.25) is 0 Å². The zero-order valence-corrected chi connectivity index (χ0v) is 67.0. The molecule has 0 radical (unpaired) electrons. The number of aliphatic hydroxyl groups excluding tert-OH is 1. The highest BCUT2D eigenvalue weighted by atomic mass is 31.2. The van der Waals surface area contributed by atoms with Crippen LogP contribution in [0.15, 0.2) is 0 Å². The molecule has 0 spiro atoms. The molecule has 0 bridgehead atoms. The number of carbonyl (C=O) groups is 4. The van der Waals surface area contributed by atoms with Gasteiger partial charge in [-0.05, 0) is 25.7 Å². The van der Waals surface area contributed by atoms with E-state index in [1.54, 1.807) is 0 Å². The third-order valence-electron chi connectivity index (χ3n) is 19.1. The van der Waals surface area contributed by atoms with Crippen molar-refractivity contribution < 1.29 is 80.2 Å². The Morgan fingerprint density at radius 2 is 0.400 bits per heavy atom. The minimum atomic E-state index is -4.96. The molecule has 19 heteroatoms. The largest absolute Gasteiger partial charge is 0.472 e. The van der Waals surface area contributed by atoms with Gasteiger partial charge in [-0.2, -0.15) is 0 Å². The molecule has 0 saturated carbocycles. The fraction of sp³-hybridized carbons (Fsp3) is 0.951. The van der Waals surface area contributed by atoms with Crippen molar-refractivity contribution in [2.45, 2.75) is 457 Å². The van der Waals surface area contributed by atoms with E-state index in [1.165, 1.54) is 270 Å². The lowest BCUT2D eigenvalue weighted by atomic mass is 10.0. The topological polar surface area (TPSA) is 237 Å². The number of rotatable bonds is 82. The first kappa shape index (κ1) is 98.1. The monoisotopic (exact) mass is 1470 g/mol. The molecule has 0 aliphatic rings. The van der Waals surface area contributed by atoms with Crippen LogP contribution in [0.25, 0.3) is 0 Å². The van der Waals surface area contributed by atoms with Crippen LogP contribution in [-0.2, 0) is 65.4 Å². The summed E-state index contributed by atoms with van der Waals surface area (Å²) in [5.41, 5.74) is 0. The molecule has 0 amide bonds. The van der Waals surface area contributed by atoms with Gasteiger partial charge in [0.25, 0.3) is 0 Å². The Morgan fingerprint density at radius 1 is 0.240 bits per heavy atom. The zero-order chi connectivity index (χ0) is 73.2. The van der Waals surface area contributed by atoms with E-state index in [9.17, 15) is 43.2 Å². The number of hydrogen-bond donors (Lipinski definition) is 3. The van der Waals surface area contributed by atoms with Crippen molar-refractivity contribution in [3.8, 4) is 0 Å². The van der Waals surface area contributed by atoms with Gasteiger partial charge in [0, 0.05) is 25.7 Å². The third-order valence-corrected chi connectivity index (χ3v) is 21.0. The Hall–Kier alpha value is -1.94. The van der Waals surface area contributed by atoms with Gasteiger partial charge in [0.15, 0.2) is 12.2 Å². The van der Waals surface area contributed by atoms with E-state index in [2.05, 4.69) is 27.7 Å². The maximum atomic E-state index is 13.1. The minimum absolute atomic E-state index is 0.109. The van der Waals surface area contributed by atoms with Gasteiger partial charge in [-0.25, -0.2) is 9.13 Å². The lowest BCUT2D eigenvalue weighted by molar-refractivity contribution is -0.161. The molecule has 17 nitrogen and oxygen atoms in total. The van der Waals surface area contributed by atoms with Crippen LogP contribution >= 0.6 is 15.6 Å². The summed E-state index contributed by atoms with van der Waals surface area (Å²) in [6.45, 7) is 5.04. The molecule has 0 aromatic rings. The van der Waals surface area contributed by atoms with E-state index >= 15 is 0 Å². The number of unbranched alkanes of at least 4 members (excludes halogenated alkanes) is 56. The maximum Gasteiger partial charge on any atom is 0.472 e. The standard InChI is InChI=1S/C81H158O17P2/c1-5-9-13-17-21-25-29-33-35-37-38-40-44-48-52-56-60-64-68-81(86)98-77(72-92-79(84)66-62-58-54-50-46-43-39-36-34-30-26-22-18-14-10-6-2)74-96-100(89,90)94-70-75(82)69-93-99(87,88)95-73-76(97-80(85)67-63-59-55-51-47-42-32-28-24-20-16-12-8-4)71-91-78(83)65-61-57-53-49-45-41-31-27-23-19-15-11-7-3/h75-77,82H,5-74H2,1-4H3,(H,87,88)(H,89,90)/t75-,76+,77+/m0/s1. The van der Waals surface area contributed by atoms with Gasteiger partial charge < -0.3 is 33.8 Å². The van der Waals surface area contributed by atoms with Gasteiger partial charge in [0.05, 0.1) is 26.4 Å². The molecule has 3 N–H and O–H groups in total. The fourth-order valence-electron chi connectivity index (χ4n) is 12.6. The van der Waals surface area contributed by atoms with Crippen LogP contribution in [0.3, 0.4) is 0 Å². The van der Waals surface area contributed by atoms with Crippen molar-refractivity contribution in [2.24, 2.45) is 0 Å². The van der Waals surface area contributed by atoms with Crippen molar-refractivity contribution >= 4 is 39.5 Å². The Labute approximate surface area is 613 Å². The fourth-order valence-corrected chi connectivity index (χ4v) is 14.2. The Bertz CT molecular complexity index is 1890. The summed E-state index contributed by atoms with van der Waals surface area (Å²) in [6.07, 6.45) is 67.8. The number of carbonyl (C=O) groups excluding carboxylic acids is 4. The molecule has 0 rings (SSSR count). The SMILES string of the molecule is CCCCCCCCCCCCCCCCCCCCC(=O)O[C@H](COC(=O)CCCCCCCCCCCCCCCCCC)COP(=O)(O)OC[C@@H](O)COP(=O)(O)OC[C@@H](COC(=O)CCCCCCCCCCCCCCC)OC(=O)CCCCCCCCCCCCCCC. The van der Waals surface area contributed by atoms with Gasteiger partial charge in [-0.15, -0.1) is 0 Å². The molecule has 0 saturated heterocycles. The van der Waals surface area contributed by atoms with E-state index in [1.807, 2.05) is 0 Å². The summed E-state index contributed by atoms with van der Waals surface area (Å²) < 4.78 is 68.8. The van der Waals surface area contributed by atoms with E-state index in [0.717, 1.165) is 89.9 Å². The first-order valence-electron chi connectivity index (χ1n) is 42.3. The second kappa shape index (κ2) is 75.3. The molecular weight excluding hydrogens is 1310 g/mol. The van der Waals surface area contributed by atoms with Crippen LogP contribution in [0.5, 0.6) is 0 Å². The van der Waals surface area contributed by atoms with Crippen LogP contribution in [-0.4, -0.2) is 96.7 Å². The second-order valence-electron chi connectivity index (χ2n) is 29.2. The first-order valence-corrected chi connectivity index (χ1v) is 45.3. The highest BCUT2D eigenvalue weighted by Crippen LogP contribution is 2.45. The second-order valence-corrected chi connectivity index (χ2v) is 32.1. The smallest absolute Gasteiger partial charge is 0.462 e. The lowest BCUT2D eigenvalue weighted by Crippen LogP contribution is -2.30. The number of phosphoric acid groups is 2. The lowest BCUT2D eigenvalue weighted by Gasteiger charge is -2.21. The predicted molar refractivity (Wildman–Crippen MR) is 409 cm³/mol. The van der Waals surface area contributed by atoms with Gasteiger partial charge in [-0.3, -0.25) is 37.3 Å². The molecule has 594 valence electrons. The quantitative estimate of drug-likeness (QED) is 0.0222. The van der Waals surface area contributed by atoms with Crippen LogP contribution in [0.4, 0.5) is 0 Å². The van der Waals surface area contributed by atoms with Gasteiger partial charge in [-0.1, -0.05) is 387 Å². The molecule has 0 aliphatic heterocycles. The Kier molecular flexibility index (Phi) is 73.8. The summed E-state index contributed by atoms with van der Waals surface area (Å²) in [7, 11) is -9.92. The van der Waals surface area contributed by atoms with Crippen molar-refractivity contribution in [3.63, 3.8) is 0 Å². The highest BCUT2D eigenvalue weighted by molar-refractivity contribution is 7.47. The third kappa shape index (κ3) is 74.3. The highest BCUT2D eigenvalue weighted by Gasteiger charge is 2.30. The molecule has 0 aliphatic carbocycles. The zero-order valence-electron chi connectivity index (χ0n) is 65.2. The minimum Gasteiger partial charge on any atom is -0.462 e. The summed E-state index contributed by atoms with van der Waals surface area (Å²) in [4.78, 5) is 73.1. The number of hydrogen-bond acceptors (Lipinski definition) is 15. The van der Waals surface area contributed by atoms with Crippen molar-refractivity contribution in [2.75, 3.05) is 39.6 Å². The summed E-state index contributed by atoms with van der Waals surface area (Å²) >= 11 is 0. The summed E-state index contributed by atoms with van der Waals surface area (Å²) in [5.74, 6) is -2.10. The summed E-state index contributed by atoms with van der Waals surface area (Å²) in [6, 6.07) is 0.